The summed E-state index contributed by atoms with van der Waals surface area (Å²) in [6.07, 6.45) is 0. The van der Waals surface area contributed by atoms with E-state index in [0.717, 1.165) is 172 Å². The summed E-state index contributed by atoms with van der Waals surface area (Å²) in [6.45, 7) is 0. The Hall–Kier alpha value is -12.1. The van der Waals surface area contributed by atoms with E-state index in [1.807, 2.05) is 18.2 Å². The van der Waals surface area contributed by atoms with E-state index in [2.05, 4.69) is 318 Å². The highest BCUT2D eigenvalue weighted by Gasteiger charge is 2.24. The number of fused-ring (bicyclic) bond motifs is 12. The van der Waals surface area contributed by atoms with Crippen molar-refractivity contribution in [2.45, 2.75) is 0 Å². The molecule has 0 aliphatic heterocycles. The van der Waals surface area contributed by atoms with Crippen molar-refractivity contribution in [3.05, 3.63) is 322 Å². The molecule has 0 unspecified atom stereocenters. The lowest BCUT2D eigenvalue weighted by Gasteiger charge is -2.26. The van der Waals surface area contributed by atoms with Gasteiger partial charge in [0.25, 0.3) is 0 Å². The molecule has 0 aliphatic rings. The summed E-state index contributed by atoms with van der Waals surface area (Å²) in [5.41, 5.74) is 23.5. The Labute approximate surface area is 518 Å². The van der Waals surface area contributed by atoms with Crippen LogP contribution in [0.2, 0.25) is 0 Å². The highest BCUT2D eigenvalue weighted by Crippen LogP contribution is 2.47. The zero-order valence-corrected chi connectivity index (χ0v) is 48.7. The van der Waals surface area contributed by atoms with Crippen molar-refractivity contribution in [1.29, 1.82) is 0 Å². The van der Waals surface area contributed by atoms with Crippen LogP contribution < -0.4 is 9.80 Å². The van der Waals surface area contributed by atoms with Crippen molar-refractivity contribution >= 4 is 122 Å². The Morgan fingerprint density at radius 2 is 0.700 bits per heavy atom. The molecule has 18 aromatic rings. The third-order valence-electron chi connectivity index (χ3n) is 18.0. The summed E-state index contributed by atoms with van der Waals surface area (Å²) in [4.78, 5) is 4.68. The summed E-state index contributed by atoms with van der Waals surface area (Å²) >= 11 is 0. The molecule has 0 bridgehead atoms. The van der Waals surface area contributed by atoms with Crippen LogP contribution in [0, 0.1) is 0 Å². The van der Waals surface area contributed by atoms with Crippen LogP contribution in [0.5, 0.6) is 0 Å². The Morgan fingerprint density at radius 3 is 1.41 bits per heavy atom. The van der Waals surface area contributed by atoms with Crippen LogP contribution >= 0.6 is 0 Å². The second-order valence-corrected chi connectivity index (χ2v) is 23.1. The van der Waals surface area contributed by atoms with Gasteiger partial charge in [-0.25, -0.2) is 0 Å². The summed E-state index contributed by atoms with van der Waals surface area (Å²) in [7, 11) is 0. The molecule has 0 radical (unpaired) electrons. The van der Waals surface area contributed by atoms with Gasteiger partial charge in [-0.2, -0.15) is 0 Å². The van der Waals surface area contributed by atoms with Crippen LogP contribution in [0.3, 0.4) is 0 Å². The van der Waals surface area contributed by atoms with E-state index in [1.165, 1.54) is 0 Å². The minimum absolute atomic E-state index is 0.834. The molecule has 0 N–H and O–H groups in total. The summed E-state index contributed by atoms with van der Waals surface area (Å²) in [6, 6.07) is 115. The molecule has 0 aliphatic carbocycles. The molecule has 0 atom stereocenters. The maximum absolute atomic E-state index is 7.02. The quantitative estimate of drug-likeness (QED) is 0.129. The minimum Gasteiger partial charge on any atom is -0.456 e. The maximum atomic E-state index is 7.02. The smallest absolute Gasteiger partial charge is 0.143 e. The van der Waals surface area contributed by atoms with Gasteiger partial charge in [0.2, 0.25) is 0 Å². The van der Waals surface area contributed by atoms with Crippen LogP contribution in [0.15, 0.2) is 335 Å². The zero-order valence-electron chi connectivity index (χ0n) is 48.7. The Morgan fingerprint density at radius 1 is 0.233 bits per heavy atom. The highest BCUT2D eigenvalue weighted by atomic mass is 16.3. The van der Waals surface area contributed by atoms with E-state index in [4.69, 9.17) is 13.3 Å². The van der Waals surface area contributed by atoms with Crippen LogP contribution in [-0.4, -0.2) is 4.57 Å². The third-order valence-corrected chi connectivity index (χ3v) is 18.0. The molecule has 6 nitrogen and oxygen atoms in total. The standard InChI is InChI=1S/C84H53N3O3/c1-5-18-54(19-6-1)57-39-47-73-81(51-57)89-79-33-17-27-66(82(73)79)56-36-42-63(43-37-56)86(62-40-34-55(35-41-62)58-38-46-68-67-26-13-14-32-77(67)88-80(68)50-58)64-44-48-76-74(52-64)70-29-15-28-69(83(70)87(76)61-24-11-4-12-25-61)71-30-16-31-72-75-53-65(45-49-78(75)90-84(71)72)85(59-20-7-2-8-21-59)60-22-9-3-10-23-60/h1-53H. The first-order chi connectivity index (χ1) is 44.6. The molecule has 422 valence electrons. The van der Waals surface area contributed by atoms with Crippen molar-refractivity contribution in [2.24, 2.45) is 0 Å². The zero-order chi connectivity index (χ0) is 59.2. The van der Waals surface area contributed by atoms with Gasteiger partial charge in [-0.3, -0.25) is 0 Å². The van der Waals surface area contributed by atoms with Crippen molar-refractivity contribution in [1.82, 2.24) is 4.57 Å². The topological polar surface area (TPSA) is 50.8 Å². The summed E-state index contributed by atoms with van der Waals surface area (Å²) in [5.74, 6) is 0. The first kappa shape index (κ1) is 51.1. The van der Waals surface area contributed by atoms with E-state index in [9.17, 15) is 0 Å². The number of para-hydroxylation sites is 6. The fraction of sp³-hybridized carbons (Fsp3) is 0. The highest BCUT2D eigenvalue weighted by molar-refractivity contribution is 6.19. The number of rotatable bonds is 11. The maximum Gasteiger partial charge on any atom is 0.143 e. The average molecular weight is 1150 g/mol. The third kappa shape index (κ3) is 8.41. The first-order valence-electron chi connectivity index (χ1n) is 30.5. The molecule has 14 aromatic carbocycles. The van der Waals surface area contributed by atoms with Crippen LogP contribution in [-0.2, 0) is 0 Å². The first-order valence-corrected chi connectivity index (χ1v) is 30.5. The fourth-order valence-electron chi connectivity index (χ4n) is 13.8. The number of hydrogen-bond acceptors (Lipinski definition) is 5. The molecule has 90 heavy (non-hydrogen) atoms. The Bertz CT molecular complexity index is 5730. The monoisotopic (exact) mass is 1150 g/mol. The second kappa shape index (κ2) is 20.8. The van der Waals surface area contributed by atoms with Gasteiger partial charge in [0.1, 0.15) is 33.5 Å². The van der Waals surface area contributed by atoms with Gasteiger partial charge < -0.3 is 27.6 Å². The normalized spacial score (nSPS) is 11.8. The Balaban J connectivity index is 0.783. The van der Waals surface area contributed by atoms with E-state index in [1.54, 1.807) is 0 Å². The predicted molar refractivity (Wildman–Crippen MR) is 374 cm³/mol. The SMILES string of the molecule is c1ccc(-c2ccc3c(c2)oc2cccc(-c4ccc(N(c5ccc(-c6ccc7c(c6)oc6ccccc67)cc5)c5ccc6c(c5)c5cccc(-c7cccc8c7oc7ccc(N(c9ccccc9)c9ccccc9)cc78)c5n6-c5ccccc5)cc4)c23)cc1. The molecule has 0 saturated heterocycles. The van der Waals surface area contributed by atoms with E-state index in [0.29, 0.717) is 0 Å². The number of benzene rings is 14. The number of nitrogens with zero attached hydrogens (tertiary/aromatic N) is 3. The average Bonchev–Trinajstić information content (AvgIpc) is 1.62. The number of furan rings is 3. The second-order valence-electron chi connectivity index (χ2n) is 23.1. The molecule has 0 amide bonds. The molecule has 0 saturated carbocycles. The Kier molecular flexibility index (Phi) is 11.8. The fourth-order valence-corrected chi connectivity index (χ4v) is 13.8. The van der Waals surface area contributed by atoms with Crippen molar-refractivity contribution in [2.75, 3.05) is 9.80 Å². The van der Waals surface area contributed by atoms with E-state index >= 15 is 0 Å². The molecular formula is C84H53N3O3. The lowest BCUT2D eigenvalue weighted by atomic mass is 9.97. The largest absolute Gasteiger partial charge is 0.456 e. The van der Waals surface area contributed by atoms with Crippen molar-refractivity contribution in [3.8, 4) is 50.2 Å². The number of anilines is 6. The van der Waals surface area contributed by atoms with Gasteiger partial charge in [-0.1, -0.05) is 188 Å². The molecule has 4 heterocycles. The molecule has 0 spiro atoms. The van der Waals surface area contributed by atoms with E-state index < -0.39 is 0 Å². The van der Waals surface area contributed by atoms with Crippen LogP contribution in [0.25, 0.3) is 138 Å². The number of hydrogen-bond donors (Lipinski definition) is 0. The number of aromatic nitrogens is 1. The van der Waals surface area contributed by atoms with Gasteiger partial charge >= 0.3 is 0 Å². The van der Waals surface area contributed by atoms with Crippen molar-refractivity contribution < 1.29 is 13.3 Å². The van der Waals surface area contributed by atoms with Gasteiger partial charge in [-0.05, 0) is 167 Å². The summed E-state index contributed by atoms with van der Waals surface area (Å²) in [5, 5.41) is 8.80. The lowest BCUT2D eigenvalue weighted by molar-refractivity contribution is 0.668. The minimum atomic E-state index is 0.834. The van der Waals surface area contributed by atoms with Gasteiger partial charge in [0, 0.05) is 94.0 Å². The molecule has 18 rings (SSSR count). The van der Waals surface area contributed by atoms with Gasteiger partial charge in [0.15, 0.2) is 0 Å². The van der Waals surface area contributed by atoms with E-state index in [-0.39, 0.29) is 0 Å². The molecular weight excluding hydrogens is 1100 g/mol. The van der Waals surface area contributed by atoms with Gasteiger partial charge in [0.05, 0.1) is 11.0 Å². The molecule has 4 aromatic heterocycles. The van der Waals surface area contributed by atoms with Gasteiger partial charge in [-0.15, -0.1) is 0 Å². The van der Waals surface area contributed by atoms with Crippen LogP contribution in [0.4, 0.5) is 34.1 Å². The van der Waals surface area contributed by atoms with Crippen LogP contribution in [0.1, 0.15) is 0 Å². The molecule has 0 fully saturated rings. The lowest BCUT2D eigenvalue weighted by Crippen LogP contribution is -2.10. The van der Waals surface area contributed by atoms with Crippen molar-refractivity contribution in [3.63, 3.8) is 0 Å². The summed E-state index contributed by atoms with van der Waals surface area (Å²) < 4.78 is 22.4. The predicted octanol–water partition coefficient (Wildman–Crippen LogP) is 24.1. The molecule has 6 heteroatoms.